The number of para-hydroxylation sites is 1. The van der Waals surface area contributed by atoms with Crippen LogP contribution in [0.3, 0.4) is 0 Å². The average molecular weight is 286 g/mol. The van der Waals surface area contributed by atoms with E-state index in [0.29, 0.717) is 5.41 Å². The molecule has 1 saturated carbocycles. The molecule has 0 saturated heterocycles. The number of methoxy groups -OCH3 is 1. The number of benzene rings is 1. The van der Waals surface area contributed by atoms with Crippen LogP contribution >= 0.6 is 0 Å². The van der Waals surface area contributed by atoms with Crippen molar-refractivity contribution >= 4 is 0 Å². The molecule has 0 unspecified atom stereocenters. The highest BCUT2D eigenvalue weighted by molar-refractivity contribution is 5.28. The number of aromatic nitrogens is 3. The molecule has 112 valence electrons. The lowest BCUT2D eigenvalue weighted by Crippen LogP contribution is -2.24. The smallest absolute Gasteiger partial charge is 0.0969 e. The highest BCUT2D eigenvalue weighted by atomic mass is 16.5. The molecule has 0 bridgehead atoms. The van der Waals surface area contributed by atoms with Crippen LogP contribution in [-0.4, -0.2) is 35.3 Å². The van der Waals surface area contributed by atoms with Crippen LogP contribution in [0.25, 0.3) is 5.69 Å². The first-order valence-electron chi connectivity index (χ1n) is 7.48. The monoisotopic (exact) mass is 286 g/mol. The quantitative estimate of drug-likeness (QED) is 0.808. The summed E-state index contributed by atoms with van der Waals surface area (Å²) in [6.07, 6.45) is 5.59. The van der Waals surface area contributed by atoms with Crippen molar-refractivity contribution in [1.29, 1.82) is 0 Å². The largest absolute Gasteiger partial charge is 0.385 e. The third-order valence-electron chi connectivity index (χ3n) is 4.13. The van der Waals surface area contributed by atoms with Crippen LogP contribution in [0.15, 0.2) is 36.5 Å². The molecule has 1 aromatic heterocycles. The van der Waals surface area contributed by atoms with Crippen molar-refractivity contribution in [2.45, 2.75) is 25.8 Å². The molecule has 1 N–H and O–H groups in total. The third-order valence-corrected chi connectivity index (χ3v) is 4.13. The van der Waals surface area contributed by atoms with Gasteiger partial charge in [-0.1, -0.05) is 18.2 Å². The predicted molar refractivity (Wildman–Crippen MR) is 81.2 cm³/mol. The molecule has 1 aliphatic rings. The maximum atomic E-state index is 5.18. The van der Waals surface area contributed by atoms with Crippen molar-refractivity contribution in [2.24, 2.45) is 5.41 Å². The summed E-state index contributed by atoms with van der Waals surface area (Å²) in [4.78, 5) is 1.68. The van der Waals surface area contributed by atoms with E-state index in [0.717, 1.165) is 37.5 Å². The zero-order valence-electron chi connectivity index (χ0n) is 12.5. The fraction of sp³-hybridized carbons (Fsp3) is 0.500. The first-order chi connectivity index (χ1) is 10.3. The van der Waals surface area contributed by atoms with Gasteiger partial charge >= 0.3 is 0 Å². The molecular weight excluding hydrogens is 264 g/mol. The minimum atomic E-state index is 0.464. The molecule has 21 heavy (non-hydrogen) atoms. The number of hydrogen-bond donors (Lipinski definition) is 1. The molecule has 0 atom stereocenters. The molecule has 0 radical (unpaired) electrons. The summed E-state index contributed by atoms with van der Waals surface area (Å²) in [5.41, 5.74) is 2.43. The molecule has 5 heteroatoms. The topological polar surface area (TPSA) is 52.0 Å². The fourth-order valence-corrected chi connectivity index (χ4v) is 2.53. The Kier molecular flexibility index (Phi) is 4.31. The molecular formula is C16H22N4O. The normalized spacial score (nSPS) is 16.0. The van der Waals surface area contributed by atoms with Crippen molar-refractivity contribution in [2.75, 3.05) is 20.3 Å². The van der Waals surface area contributed by atoms with Gasteiger partial charge in [0.15, 0.2) is 0 Å². The van der Waals surface area contributed by atoms with Crippen LogP contribution < -0.4 is 5.32 Å². The number of rotatable bonds is 8. The van der Waals surface area contributed by atoms with Crippen LogP contribution in [0, 0.1) is 5.41 Å². The van der Waals surface area contributed by atoms with E-state index in [2.05, 4.69) is 15.5 Å². The lowest BCUT2D eigenvalue weighted by atomic mass is 10.0. The number of ether oxygens (including phenoxy) is 1. The van der Waals surface area contributed by atoms with Crippen molar-refractivity contribution in [1.82, 2.24) is 20.3 Å². The van der Waals surface area contributed by atoms with Crippen LogP contribution in [0.4, 0.5) is 0 Å². The molecule has 1 aromatic carbocycles. The van der Waals surface area contributed by atoms with E-state index in [1.165, 1.54) is 12.8 Å². The van der Waals surface area contributed by atoms with E-state index in [-0.39, 0.29) is 0 Å². The summed E-state index contributed by atoms with van der Waals surface area (Å²) >= 11 is 0. The van der Waals surface area contributed by atoms with E-state index >= 15 is 0 Å². The summed E-state index contributed by atoms with van der Waals surface area (Å²) in [5, 5.41) is 12.3. The highest BCUT2D eigenvalue weighted by Crippen LogP contribution is 2.48. The fourth-order valence-electron chi connectivity index (χ4n) is 2.53. The van der Waals surface area contributed by atoms with E-state index < -0.39 is 0 Å². The molecule has 5 nitrogen and oxygen atoms in total. The summed E-state index contributed by atoms with van der Waals surface area (Å²) in [7, 11) is 1.77. The number of nitrogens with one attached hydrogen (secondary N) is 1. The lowest BCUT2D eigenvalue weighted by Gasteiger charge is -2.14. The van der Waals surface area contributed by atoms with E-state index in [9.17, 15) is 0 Å². The molecule has 0 amide bonds. The van der Waals surface area contributed by atoms with Crippen molar-refractivity contribution in [3.05, 3.63) is 42.2 Å². The van der Waals surface area contributed by atoms with Gasteiger partial charge in [-0.05, 0) is 36.8 Å². The Morgan fingerprint density at radius 1 is 1.29 bits per heavy atom. The van der Waals surface area contributed by atoms with Gasteiger partial charge in [-0.25, -0.2) is 0 Å². The molecule has 2 aromatic rings. The van der Waals surface area contributed by atoms with Crippen molar-refractivity contribution in [3.63, 3.8) is 0 Å². The summed E-state index contributed by atoms with van der Waals surface area (Å²) in [6.45, 7) is 2.65. The zero-order chi connectivity index (χ0) is 14.5. The minimum absolute atomic E-state index is 0.464. The summed E-state index contributed by atoms with van der Waals surface area (Å²) in [5.74, 6) is 0. The van der Waals surface area contributed by atoms with Gasteiger partial charge in [0.25, 0.3) is 0 Å². The maximum Gasteiger partial charge on any atom is 0.0969 e. The highest BCUT2D eigenvalue weighted by Gasteiger charge is 2.41. The second kappa shape index (κ2) is 6.37. The summed E-state index contributed by atoms with van der Waals surface area (Å²) < 4.78 is 5.18. The van der Waals surface area contributed by atoms with E-state index in [1.54, 1.807) is 11.9 Å². The molecule has 1 fully saturated rings. The Morgan fingerprint density at radius 2 is 2.10 bits per heavy atom. The van der Waals surface area contributed by atoms with E-state index in [4.69, 9.17) is 4.74 Å². The summed E-state index contributed by atoms with van der Waals surface area (Å²) in [6, 6.07) is 9.97. The standard InChI is InChI=1S/C16H22N4O/c1-21-10-9-16(7-8-16)13-17-11-14-12-18-20(19-14)15-5-3-2-4-6-15/h2-6,12,17H,7-11,13H2,1H3. The van der Waals surface area contributed by atoms with Gasteiger partial charge < -0.3 is 10.1 Å². The number of hydrogen-bond acceptors (Lipinski definition) is 4. The Bertz CT molecular complexity index is 563. The first kappa shape index (κ1) is 14.2. The lowest BCUT2D eigenvalue weighted by molar-refractivity contribution is 0.171. The van der Waals surface area contributed by atoms with Crippen LogP contribution in [0.5, 0.6) is 0 Å². The average Bonchev–Trinajstić information content (AvgIpc) is 3.13. The van der Waals surface area contributed by atoms with Gasteiger partial charge in [0, 0.05) is 26.8 Å². The van der Waals surface area contributed by atoms with Gasteiger partial charge in [-0.2, -0.15) is 15.0 Å². The zero-order valence-corrected chi connectivity index (χ0v) is 12.5. The van der Waals surface area contributed by atoms with Crippen LogP contribution in [-0.2, 0) is 11.3 Å². The van der Waals surface area contributed by atoms with Gasteiger partial charge in [-0.15, -0.1) is 0 Å². The molecule has 0 aliphatic heterocycles. The van der Waals surface area contributed by atoms with Crippen molar-refractivity contribution < 1.29 is 4.74 Å². The molecule has 3 rings (SSSR count). The molecule has 1 heterocycles. The van der Waals surface area contributed by atoms with Gasteiger partial charge in [-0.3, -0.25) is 0 Å². The Labute approximate surface area is 125 Å². The Morgan fingerprint density at radius 3 is 2.81 bits per heavy atom. The van der Waals surface area contributed by atoms with Crippen LogP contribution in [0.1, 0.15) is 25.0 Å². The van der Waals surface area contributed by atoms with Gasteiger partial charge in [0.05, 0.1) is 17.6 Å². The first-order valence-corrected chi connectivity index (χ1v) is 7.48. The predicted octanol–water partition coefficient (Wildman–Crippen LogP) is 2.17. The Balaban J connectivity index is 1.49. The minimum Gasteiger partial charge on any atom is -0.385 e. The molecule has 1 aliphatic carbocycles. The second-order valence-corrected chi connectivity index (χ2v) is 5.81. The Hall–Kier alpha value is -1.72. The second-order valence-electron chi connectivity index (χ2n) is 5.81. The SMILES string of the molecule is COCCC1(CNCc2cnn(-c3ccccc3)n2)CC1. The number of nitrogens with zero attached hydrogens (tertiary/aromatic N) is 3. The van der Waals surface area contributed by atoms with E-state index in [1.807, 2.05) is 36.5 Å². The van der Waals surface area contributed by atoms with Crippen molar-refractivity contribution in [3.8, 4) is 5.69 Å². The maximum absolute atomic E-state index is 5.18. The van der Waals surface area contributed by atoms with Gasteiger partial charge in [0.2, 0.25) is 0 Å². The third kappa shape index (κ3) is 3.68. The van der Waals surface area contributed by atoms with Crippen LogP contribution in [0.2, 0.25) is 0 Å². The van der Waals surface area contributed by atoms with Gasteiger partial charge in [0.1, 0.15) is 0 Å². The molecule has 0 spiro atoms.